The van der Waals surface area contributed by atoms with Gasteiger partial charge in [0.1, 0.15) is 9.24 Å². The predicted molar refractivity (Wildman–Crippen MR) is 167 cm³/mol. The number of hydrogen-bond acceptors (Lipinski definition) is 4. The topological polar surface area (TPSA) is 68.6 Å². The van der Waals surface area contributed by atoms with Crippen LogP contribution in [0.5, 0.6) is 5.88 Å². The summed E-state index contributed by atoms with van der Waals surface area (Å²) in [6, 6.07) is 35.8. The van der Waals surface area contributed by atoms with E-state index in [-0.39, 0.29) is 0 Å². The largest absolute Gasteiger partial charge is 0.481 e. The second kappa shape index (κ2) is 12.3. The number of benzene rings is 3. The van der Waals surface area contributed by atoms with E-state index in [1.807, 2.05) is 25.4 Å². The molecule has 200 valence electrons. The molecule has 3 heterocycles. The van der Waals surface area contributed by atoms with Crippen molar-refractivity contribution in [2.45, 2.75) is 19.4 Å². The van der Waals surface area contributed by atoms with E-state index in [4.69, 9.17) is 4.74 Å². The van der Waals surface area contributed by atoms with Gasteiger partial charge in [-0.15, -0.1) is 0 Å². The molecular formula is C33H30IN5O. The fourth-order valence-corrected chi connectivity index (χ4v) is 5.36. The fraction of sp³-hybridized carbons (Fsp3) is 0.121. The van der Waals surface area contributed by atoms with Crippen molar-refractivity contribution in [1.29, 1.82) is 0 Å². The maximum absolute atomic E-state index is 4.98. The van der Waals surface area contributed by atoms with Gasteiger partial charge in [0.25, 0.3) is 0 Å². The summed E-state index contributed by atoms with van der Waals surface area (Å²) in [6.45, 7) is 4.12. The molecule has 0 atom stereocenters. The first-order valence-corrected chi connectivity index (χ1v) is 14.0. The van der Waals surface area contributed by atoms with E-state index < -0.39 is 5.54 Å². The molecule has 3 aromatic carbocycles. The van der Waals surface area contributed by atoms with Crippen molar-refractivity contribution in [3.63, 3.8) is 0 Å². The zero-order valence-corrected chi connectivity index (χ0v) is 24.8. The van der Waals surface area contributed by atoms with E-state index in [2.05, 4.69) is 145 Å². The van der Waals surface area contributed by atoms with E-state index in [0.29, 0.717) is 5.88 Å². The summed E-state index contributed by atoms with van der Waals surface area (Å²) in [5, 5.41) is 0. The number of halogens is 1. The van der Waals surface area contributed by atoms with E-state index >= 15 is 0 Å². The van der Waals surface area contributed by atoms with Crippen LogP contribution in [-0.4, -0.2) is 31.6 Å². The van der Waals surface area contributed by atoms with Crippen LogP contribution in [0.1, 0.15) is 28.1 Å². The molecule has 0 aliphatic carbocycles. The van der Waals surface area contributed by atoms with Crippen molar-refractivity contribution in [3.8, 4) is 17.1 Å². The molecule has 0 aliphatic rings. The molecule has 3 aromatic heterocycles. The van der Waals surface area contributed by atoms with Crippen LogP contribution >= 0.6 is 22.6 Å². The van der Waals surface area contributed by atoms with Crippen LogP contribution < -0.4 is 4.74 Å². The van der Waals surface area contributed by atoms with Crippen molar-refractivity contribution in [3.05, 3.63) is 154 Å². The van der Waals surface area contributed by atoms with Gasteiger partial charge in [0.2, 0.25) is 5.88 Å². The highest BCUT2D eigenvalue weighted by atomic mass is 127. The zero-order valence-electron chi connectivity index (χ0n) is 22.6. The lowest BCUT2D eigenvalue weighted by molar-refractivity contribution is 0.398. The van der Waals surface area contributed by atoms with Gasteiger partial charge in [-0.25, -0.2) is 15.0 Å². The maximum Gasteiger partial charge on any atom is 0.212 e. The van der Waals surface area contributed by atoms with Crippen molar-refractivity contribution in [2.75, 3.05) is 7.11 Å². The highest BCUT2D eigenvalue weighted by Gasteiger charge is 2.39. The lowest BCUT2D eigenvalue weighted by Crippen LogP contribution is -2.38. The summed E-state index contributed by atoms with van der Waals surface area (Å²) in [4.78, 5) is 16.0. The van der Waals surface area contributed by atoms with Gasteiger partial charge in [-0.1, -0.05) is 91.0 Å². The number of nitrogens with one attached hydrogen (secondary N) is 1. The Bertz CT molecular complexity index is 1550. The van der Waals surface area contributed by atoms with Crippen LogP contribution in [0.15, 0.2) is 122 Å². The summed E-state index contributed by atoms with van der Waals surface area (Å²) in [6.07, 6.45) is 5.39. The average Bonchev–Trinajstić information content (AvgIpc) is 3.60. The lowest BCUT2D eigenvalue weighted by atomic mass is 9.76. The Balaban J connectivity index is 0.000000194. The standard InChI is InChI=1S/C23H19IN2.C10H11N3O/c1-18-22(24)25-17-26(18)23(19-11-5-2-6-12-19,20-13-7-3-8-14-20)21-15-9-4-10-16-21;1-7-10(13-6-12-7)8-3-4-9(14-2)11-5-8/h2-17H,1H3;3-6H,1-2H3,(H,12,13). The summed E-state index contributed by atoms with van der Waals surface area (Å²) >= 11 is 2.31. The molecule has 1 N–H and O–H groups in total. The predicted octanol–water partition coefficient (Wildman–Crippen LogP) is 7.43. The van der Waals surface area contributed by atoms with Gasteiger partial charge in [0.05, 0.1) is 25.5 Å². The van der Waals surface area contributed by atoms with Gasteiger partial charge < -0.3 is 14.3 Å². The first kappa shape index (κ1) is 27.3. The Hall–Kier alpha value is -4.24. The first-order chi connectivity index (χ1) is 19.6. The number of H-pyrrole nitrogens is 1. The minimum absolute atomic E-state index is 0.468. The minimum Gasteiger partial charge on any atom is -0.481 e. The van der Waals surface area contributed by atoms with Crippen molar-refractivity contribution >= 4 is 22.6 Å². The average molecular weight is 640 g/mol. The maximum atomic E-state index is 4.98. The summed E-state index contributed by atoms with van der Waals surface area (Å²) in [7, 11) is 1.60. The number of aryl methyl sites for hydroxylation is 1. The molecule has 0 bridgehead atoms. The second-order valence-electron chi connectivity index (χ2n) is 9.26. The van der Waals surface area contributed by atoms with Gasteiger partial charge in [-0.3, -0.25) is 0 Å². The second-order valence-corrected chi connectivity index (χ2v) is 10.3. The number of methoxy groups -OCH3 is 1. The molecule has 6 rings (SSSR count). The van der Waals surface area contributed by atoms with Gasteiger partial charge in [-0.2, -0.15) is 0 Å². The molecule has 40 heavy (non-hydrogen) atoms. The number of hydrogen-bond donors (Lipinski definition) is 1. The van der Waals surface area contributed by atoms with Crippen LogP contribution in [0.25, 0.3) is 11.3 Å². The quantitative estimate of drug-likeness (QED) is 0.152. The lowest BCUT2D eigenvalue weighted by Gasteiger charge is -2.38. The number of imidazole rings is 2. The van der Waals surface area contributed by atoms with Gasteiger partial charge >= 0.3 is 0 Å². The zero-order chi connectivity index (χ0) is 28.0. The van der Waals surface area contributed by atoms with Crippen LogP contribution in [0.4, 0.5) is 0 Å². The van der Waals surface area contributed by atoms with Crippen LogP contribution in [0.2, 0.25) is 0 Å². The Morgan fingerprint density at radius 3 is 1.65 bits per heavy atom. The number of ether oxygens (including phenoxy) is 1. The highest BCUT2D eigenvalue weighted by molar-refractivity contribution is 14.1. The molecule has 0 fully saturated rings. The summed E-state index contributed by atoms with van der Waals surface area (Å²) < 4.78 is 8.30. The SMILES string of the molecule is COc1ccc(-c2nc[nH]c2C)cn1.Cc1c(I)ncn1C(c1ccccc1)(c1ccccc1)c1ccccc1. The smallest absolute Gasteiger partial charge is 0.212 e. The molecule has 6 aromatic rings. The number of pyridine rings is 1. The molecule has 0 radical (unpaired) electrons. The number of rotatable bonds is 6. The molecule has 0 saturated heterocycles. The van der Waals surface area contributed by atoms with Gasteiger partial charge in [0, 0.05) is 29.2 Å². The third kappa shape index (κ3) is 5.29. The molecule has 7 heteroatoms. The Morgan fingerprint density at radius 1 is 0.725 bits per heavy atom. The molecule has 0 spiro atoms. The molecule has 6 nitrogen and oxygen atoms in total. The van der Waals surface area contributed by atoms with Gasteiger partial charge in [0.15, 0.2) is 0 Å². The van der Waals surface area contributed by atoms with Gasteiger partial charge in [-0.05, 0) is 59.2 Å². The van der Waals surface area contributed by atoms with E-state index in [1.54, 1.807) is 19.6 Å². The molecule has 0 amide bonds. The van der Waals surface area contributed by atoms with E-state index in [9.17, 15) is 0 Å². The number of aromatic nitrogens is 5. The fourth-order valence-electron chi connectivity index (χ4n) is 4.97. The molecule has 0 unspecified atom stereocenters. The first-order valence-electron chi connectivity index (χ1n) is 12.9. The molecular weight excluding hydrogens is 609 g/mol. The monoisotopic (exact) mass is 639 g/mol. The van der Waals surface area contributed by atoms with E-state index in [0.717, 1.165) is 26.3 Å². The molecule has 0 aliphatic heterocycles. The Morgan fingerprint density at radius 2 is 1.27 bits per heavy atom. The Kier molecular flexibility index (Phi) is 8.40. The third-order valence-corrected chi connectivity index (χ3v) is 7.99. The van der Waals surface area contributed by atoms with Crippen LogP contribution in [0, 0.1) is 17.5 Å². The highest BCUT2D eigenvalue weighted by Crippen LogP contribution is 2.41. The summed E-state index contributed by atoms with van der Waals surface area (Å²) in [5.41, 5.74) is 7.30. The molecule has 0 saturated carbocycles. The van der Waals surface area contributed by atoms with E-state index in [1.165, 1.54) is 16.7 Å². The normalized spacial score (nSPS) is 11.0. The van der Waals surface area contributed by atoms with Crippen LogP contribution in [-0.2, 0) is 5.54 Å². The minimum atomic E-state index is -0.468. The van der Waals surface area contributed by atoms with Crippen molar-refractivity contribution in [2.24, 2.45) is 0 Å². The summed E-state index contributed by atoms with van der Waals surface area (Å²) in [5.74, 6) is 0.613. The Labute approximate surface area is 248 Å². The van der Waals surface area contributed by atoms with Crippen LogP contribution in [0.3, 0.4) is 0 Å². The van der Waals surface area contributed by atoms with Crippen molar-refractivity contribution in [1.82, 2.24) is 24.5 Å². The number of aromatic amines is 1. The third-order valence-electron chi connectivity index (χ3n) is 6.93. The van der Waals surface area contributed by atoms with Crippen molar-refractivity contribution < 1.29 is 4.74 Å². The number of nitrogens with zero attached hydrogens (tertiary/aromatic N) is 4.